The van der Waals surface area contributed by atoms with Gasteiger partial charge in [-0.25, -0.2) is 0 Å². The van der Waals surface area contributed by atoms with Crippen molar-refractivity contribution in [3.05, 3.63) is 93.4 Å². The van der Waals surface area contributed by atoms with Crippen LogP contribution in [0.4, 0.5) is 11.4 Å². The zero-order valence-corrected chi connectivity index (χ0v) is 22.8. The number of hydrogen-bond acceptors (Lipinski definition) is 8. The number of furan rings is 1. The van der Waals surface area contributed by atoms with Gasteiger partial charge in [0, 0.05) is 12.2 Å². The van der Waals surface area contributed by atoms with E-state index in [4.69, 9.17) is 20.6 Å². The van der Waals surface area contributed by atoms with E-state index in [1.807, 2.05) is 32.0 Å². The Kier molecular flexibility index (Phi) is 8.01. The van der Waals surface area contributed by atoms with E-state index in [-0.39, 0.29) is 28.6 Å². The molecular formula is C28H29N5O5S. The molecule has 0 unspecified atom stereocenters. The fourth-order valence-corrected chi connectivity index (χ4v) is 4.74. The van der Waals surface area contributed by atoms with Gasteiger partial charge in [-0.1, -0.05) is 18.2 Å². The number of aromatic nitrogens is 1. The second kappa shape index (κ2) is 11.4. The van der Waals surface area contributed by atoms with Crippen molar-refractivity contribution in [1.82, 2.24) is 9.69 Å². The predicted molar refractivity (Wildman–Crippen MR) is 149 cm³/mol. The summed E-state index contributed by atoms with van der Waals surface area (Å²) in [5, 5.41) is 2.91. The summed E-state index contributed by atoms with van der Waals surface area (Å²) in [5.74, 6) is -0.443. The van der Waals surface area contributed by atoms with Gasteiger partial charge in [0.05, 0.1) is 12.8 Å². The predicted octanol–water partition coefficient (Wildman–Crippen LogP) is 4.06. The number of carbonyl (C=O) groups is 3. The number of nitrogens with zero attached hydrogens (tertiary/aromatic N) is 2. The highest BCUT2D eigenvalue weighted by molar-refractivity contribution is 7.09. The van der Waals surface area contributed by atoms with Crippen LogP contribution in [0.2, 0.25) is 0 Å². The molecule has 11 heteroatoms. The fourth-order valence-electron chi connectivity index (χ4n) is 4.00. The molecule has 5 N–H and O–H groups in total. The monoisotopic (exact) mass is 547 g/mol. The molecule has 0 bridgehead atoms. The van der Waals surface area contributed by atoms with Gasteiger partial charge in [-0.05, 0) is 85.4 Å². The number of nitrogen functional groups attached to an aromatic ring is 1. The highest BCUT2D eigenvalue weighted by Crippen LogP contribution is 2.34. The van der Waals surface area contributed by atoms with Crippen molar-refractivity contribution in [3.63, 3.8) is 0 Å². The van der Waals surface area contributed by atoms with Crippen LogP contribution in [0.3, 0.4) is 0 Å². The lowest BCUT2D eigenvalue weighted by atomic mass is 10.1. The summed E-state index contributed by atoms with van der Waals surface area (Å²) < 4.78 is 15.1. The van der Waals surface area contributed by atoms with Gasteiger partial charge in [0.1, 0.15) is 22.1 Å². The molecule has 2 aromatic heterocycles. The Labute approximate surface area is 229 Å². The van der Waals surface area contributed by atoms with E-state index in [9.17, 15) is 14.4 Å². The molecule has 10 nitrogen and oxygen atoms in total. The molecule has 0 saturated carbocycles. The van der Waals surface area contributed by atoms with Crippen molar-refractivity contribution in [1.29, 1.82) is 0 Å². The first-order valence-corrected chi connectivity index (χ1v) is 12.8. The SMILES string of the molecule is COc1ccc(CNC(=O)[C@@H](c2ccc(C)o2)N(C(=O)c2snc(C(N)=O)c2N)c2ccc(C)c(C)c2)cc1. The standard InChI is InChI=1S/C28H29N5O5S/c1-15-5-9-19(13-16(15)2)33(28(36)25-22(29)23(26(30)34)32-39-25)24(21-12-6-17(3)38-21)27(35)31-14-18-7-10-20(37-4)11-8-18/h5-13,24H,14,29H2,1-4H3,(H2,30,34)(H,31,35)/t24-/m1/s1. The summed E-state index contributed by atoms with van der Waals surface area (Å²) in [7, 11) is 1.58. The largest absolute Gasteiger partial charge is 0.497 e. The van der Waals surface area contributed by atoms with Crippen molar-refractivity contribution in [2.24, 2.45) is 5.73 Å². The fraction of sp³-hybridized carbons (Fsp3) is 0.214. The van der Waals surface area contributed by atoms with Crippen LogP contribution in [0.25, 0.3) is 0 Å². The Morgan fingerprint density at radius 1 is 1.05 bits per heavy atom. The molecule has 0 saturated heterocycles. The van der Waals surface area contributed by atoms with E-state index in [0.29, 0.717) is 17.2 Å². The first-order chi connectivity index (χ1) is 18.6. The number of amides is 3. The molecule has 4 aromatic rings. The Morgan fingerprint density at radius 3 is 2.33 bits per heavy atom. The lowest BCUT2D eigenvalue weighted by molar-refractivity contribution is -0.123. The highest BCUT2D eigenvalue weighted by atomic mass is 32.1. The maximum atomic E-state index is 14.1. The van der Waals surface area contributed by atoms with E-state index >= 15 is 0 Å². The number of ether oxygens (including phenoxy) is 1. The van der Waals surface area contributed by atoms with Gasteiger partial charge in [-0.3, -0.25) is 19.3 Å². The van der Waals surface area contributed by atoms with Crippen LogP contribution in [0.5, 0.6) is 5.75 Å². The summed E-state index contributed by atoms with van der Waals surface area (Å²) in [6.45, 7) is 5.80. The number of carbonyl (C=O) groups excluding carboxylic acids is 3. The zero-order chi connectivity index (χ0) is 28.3. The van der Waals surface area contributed by atoms with E-state index in [2.05, 4.69) is 9.69 Å². The second-order valence-corrected chi connectivity index (χ2v) is 9.77. The minimum atomic E-state index is -1.20. The molecule has 39 heavy (non-hydrogen) atoms. The molecule has 0 aliphatic carbocycles. The number of nitrogens with one attached hydrogen (secondary N) is 1. The van der Waals surface area contributed by atoms with Crippen molar-refractivity contribution in [2.45, 2.75) is 33.4 Å². The molecule has 3 amide bonds. The van der Waals surface area contributed by atoms with Gasteiger partial charge in [0.15, 0.2) is 11.7 Å². The molecular weight excluding hydrogens is 518 g/mol. The molecule has 0 aliphatic rings. The first kappa shape index (κ1) is 27.4. The summed E-state index contributed by atoms with van der Waals surface area (Å²) in [6, 6.07) is 14.8. The van der Waals surface area contributed by atoms with E-state index in [0.717, 1.165) is 28.2 Å². The van der Waals surface area contributed by atoms with Crippen molar-refractivity contribution in [2.75, 3.05) is 17.7 Å². The number of hydrogen-bond donors (Lipinski definition) is 3. The number of nitrogens with two attached hydrogens (primary N) is 2. The lowest BCUT2D eigenvalue weighted by Crippen LogP contribution is -2.43. The third kappa shape index (κ3) is 5.78. The topological polar surface area (TPSA) is 154 Å². The van der Waals surface area contributed by atoms with Crippen molar-refractivity contribution in [3.8, 4) is 5.75 Å². The third-order valence-electron chi connectivity index (χ3n) is 6.31. The smallest absolute Gasteiger partial charge is 0.273 e. The Balaban J connectivity index is 1.79. The minimum absolute atomic E-state index is 0.0155. The normalized spacial score (nSPS) is 11.6. The van der Waals surface area contributed by atoms with Crippen LogP contribution < -0.4 is 26.4 Å². The molecule has 0 spiro atoms. The summed E-state index contributed by atoms with van der Waals surface area (Å²) >= 11 is 0.745. The average molecular weight is 548 g/mol. The van der Waals surface area contributed by atoms with E-state index < -0.39 is 23.8 Å². The quantitative estimate of drug-likeness (QED) is 0.286. The van der Waals surface area contributed by atoms with Gasteiger partial charge in [0.2, 0.25) is 0 Å². The highest BCUT2D eigenvalue weighted by Gasteiger charge is 2.38. The second-order valence-electron chi connectivity index (χ2n) is 9.00. The number of primary amides is 1. The van der Waals surface area contributed by atoms with Crippen molar-refractivity contribution >= 4 is 40.6 Å². The number of anilines is 2. The van der Waals surface area contributed by atoms with Crippen molar-refractivity contribution < 1.29 is 23.5 Å². The third-order valence-corrected chi connectivity index (χ3v) is 7.16. The Morgan fingerprint density at radius 2 is 1.77 bits per heavy atom. The van der Waals surface area contributed by atoms with Crippen LogP contribution >= 0.6 is 11.5 Å². The summed E-state index contributed by atoms with van der Waals surface area (Å²) in [4.78, 5) is 41.0. The van der Waals surface area contributed by atoms with Gasteiger partial charge >= 0.3 is 0 Å². The van der Waals surface area contributed by atoms with Gasteiger partial charge in [-0.15, -0.1) is 0 Å². The number of aryl methyl sites for hydroxylation is 3. The molecule has 0 fully saturated rings. The van der Waals surface area contributed by atoms with E-state index in [1.54, 1.807) is 50.4 Å². The van der Waals surface area contributed by atoms with Gasteiger partial charge < -0.3 is 25.9 Å². The number of rotatable bonds is 9. The Bertz CT molecular complexity index is 1530. The number of benzene rings is 2. The first-order valence-electron chi connectivity index (χ1n) is 12.0. The molecule has 2 aromatic carbocycles. The molecule has 0 radical (unpaired) electrons. The van der Waals surface area contributed by atoms with Crippen LogP contribution in [-0.2, 0) is 11.3 Å². The lowest BCUT2D eigenvalue weighted by Gasteiger charge is -2.30. The zero-order valence-electron chi connectivity index (χ0n) is 22.0. The summed E-state index contributed by atoms with van der Waals surface area (Å²) in [5.41, 5.74) is 14.4. The molecule has 0 aliphatic heterocycles. The van der Waals surface area contributed by atoms with Crippen LogP contribution in [0.15, 0.2) is 59.0 Å². The average Bonchev–Trinajstić information content (AvgIpc) is 3.52. The molecule has 2 heterocycles. The molecule has 202 valence electrons. The van der Waals surface area contributed by atoms with E-state index in [1.165, 1.54) is 4.90 Å². The molecule has 1 atom stereocenters. The maximum Gasteiger partial charge on any atom is 0.273 e. The maximum absolute atomic E-state index is 14.1. The summed E-state index contributed by atoms with van der Waals surface area (Å²) in [6.07, 6.45) is 0. The minimum Gasteiger partial charge on any atom is -0.497 e. The number of methoxy groups -OCH3 is 1. The van der Waals surface area contributed by atoms with Crippen LogP contribution in [0.1, 0.15) is 54.4 Å². The Hall–Kier alpha value is -4.64. The van der Waals surface area contributed by atoms with Gasteiger partial charge in [0.25, 0.3) is 17.7 Å². The van der Waals surface area contributed by atoms with Crippen LogP contribution in [-0.4, -0.2) is 29.2 Å². The van der Waals surface area contributed by atoms with Crippen LogP contribution in [0, 0.1) is 20.8 Å². The van der Waals surface area contributed by atoms with Gasteiger partial charge in [-0.2, -0.15) is 4.37 Å². The molecule has 4 rings (SSSR count).